The van der Waals surface area contributed by atoms with Crippen LogP contribution in [0.15, 0.2) is 18.2 Å². The van der Waals surface area contributed by atoms with Crippen molar-refractivity contribution >= 4 is 17.6 Å². The van der Waals surface area contributed by atoms with E-state index in [0.29, 0.717) is 16.3 Å². The molecule has 0 aliphatic heterocycles. The quantitative estimate of drug-likeness (QED) is 0.829. The molecule has 0 aliphatic carbocycles. The van der Waals surface area contributed by atoms with Gasteiger partial charge < -0.3 is 14.9 Å². The predicted molar refractivity (Wildman–Crippen MR) is 55.2 cm³/mol. The molecule has 0 saturated heterocycles. The Morgan fingerprint density at radius 1 is 1.60 bits per heavy atom. The Balaban J connectivity index is 2.90. The molecule has 0 bridgehead atoms. The molecule has 1 rings (SSSR count). The first-order valence-electron chi connectivity index (χ1n) is 4.28. The van der Waals surface area contributed by atoms with Crippen LogP contribution < -0.4 is 4.74 Å². The second-order valence-corrected chi connectivity index (χ2v) is 3.41. The summed E-state index contributed by atoms with van der Waals surface area (Å²) in [4.78, 5) is 10.4. The fraction of sp³-hybridized carbons (Fsp3) is 0.300. The van der Waals surface area contributed by atoms with Crippen molar-refractivity contribution in [2.24, 2.45) is 0 Å². The van der Waals surface area contributed by atoms with Gasteiger partial charge in [0.1, 0.15) is 5.75 Å². The smallest absolute Gasteiger partial charge is 0.306 e. The lowest BCUT2D eigenvalue weighted by Crippen LogP contribution is -2.05. The number of aliphatic hydroxyl groups is 1. The predicted octanol–water partition coefficient (Wildman–Crippen LogP) is 1.86. The van der Waals surface area contributed by atoms with Crippen molar-refractivity contribution in [3.63, 3.8) is 0 Å². The molecule has 0 amide bonds. The Hall–Kier alpha value is -1.26. The highest BCUT2D eigenvalue weighted by Gasteiger charge is 2.13. The highest BCUT2D eigenvalue weighted by molar-refractivity contribution is 6.32. The van der Waals surface area contributed by atoms with Gasteiger partial charge in [-0.1, -0.05) is 17.7 Å². The summed E-state index contributed by atoms with van der Waals surface area (Å²) in [5.41, 5.74) is 0.471. The van der Waals surface area contributed by atoms with E-state index in [1.807, 2.05) is 0 Å². The van der Waals surface area contributed by atoms with Gasteiger partial charge >= 0.3 is 5.97 Å². The van der Waals surface area contributed by atoms with Crippen LogP contribution in [0.2, 0.25) is 5.02 Å². The van der Waals surface area contributed by atoms with Crippen molar-refractivity contribution in [3.05, 3.63) is 28.8 Å². The molecule has 0 fully saturated rings. The molecule has 0 heterocycles. The van der Waals surface area contributed by atoms with Crippen LogP contribution >= 0.6 is 11.6 Å². The van der Waals surface area contributed by atoms with E-state index in [9.17, 15) is 9.90 Å². The Kier molecular flexibility index (Phi) is 3.94. The zero-order chi connectivity index (χ0) is 11.4. The highest BCUT2D eigenvalue weighted by atomic mass is 35.5. The van der Waals surface area contributed by atoms with Gasteiger partial charge in [0, 0.05) is 0 Å². The molecule has 0 saturated carbocycles. The maximum atomic E-state index is 10.4. The standard InChI is InChI=1S/C10H11ClO4/c1-15-9-4-6(2-3-7(9)11)8(12)5-10(13)14/h2-4,8,12H,5H2,1H3,(H,13,14). The molecule has 1 atom stereocenters. The molecule has 15 heavy (non-hydrogen) atoms. The molecule has 2 N–H and O–H groups in total. The van der Waals surface area contributed by atoms with Gasteiger partial charge in [-0.2, -0.15) is 0 Å². The molecule has 0 radical (unpaired) electrons. The normalized spacial score (nSPS) is 12.2. The average molecular weight is 231 g/mol. The van der Waals surface area contributed by atoms with Crippen LogP contribution in [0.4, 0.5) is 0 Å². The van der Waals surface area contributed by atoms with Crippen molar-refractivity contribution in [3.8, 4) is 5.75 Å². The van der Waals surface area contributed by atoms with Crippen LogP contribution in [0, 0.1) is 0 Å². The van der Waals surface area contributed by atoms with Crippen molar-refractivity contribution in [2.45, 2.75) is 12.5 Å². The maximum Gasteiger partial charge on any atom is 0.306 e. The summed E-state index contributed by atoms with van der Waals surface area (Å²) in [6.45, 7) is 0. The third kappa shape index (κ3) is 3.11. The second kappa shape index (κ2) is 5.00. The van der Waals surface area contributed by atoms with Crippen molar-refractivity contribution < 1.29 is 19.7 Å². The third-order valence-electron chi connectivity index (χ3n) is 1.93. The lowest BCUT2D eigenvalue weighted by atomic mass is 10.1. The number of aliphatic hydroxyl groups excluding tert-OH is 1. The number of halogens is 1. The molecule has 0 spiro atoms. The van der Waals surface area contributed by atoms with Gasteiger partial charge in [-0.3, -0.25) is 4.79 Å². The van der Waals surface area contributed by atoms with Crippen LogP contribution in [0.25, 0.3) is 0 Å². The van der Waals surface area contributed by atoms with E-state index < -0.39 is 12.1 Å². The number of benzene rings is 1. The highest BCUT2D eigenvalue weighted by Crippen LogP contribution is 2.28. The summed E-state index contributed by atoms with van der Waals surface area (Å²) >= 11 is 5.78. The Morgan fingerprint density at radius 3 is 2.80 bits per heavy atom. The van der Waals surface area contributed by atoms with Crippen LogP contribution in [0.3, 0.4) is 0 Å². The molecule has 4 nitrogen and oxygen atoms in total. The SMILES string of the molecule is COc1cc(C(O)CC(=O)O)ccc1Cl. The first-order chi connectivity index (χ1) is 7.04. The minimum Gasteiger partial charge on any atom is -0.495 e. The average Bonchev–Trinajstić information content (AvgIpc) is 2.17. The Labute approximate surface area is 92.1 Å². The molecule has 1 unspecified atom stereocenters. The molecule has 1 aromatic carbocycles. The number of hydrogen-bond donors (Lipinski definition) is 2. The Bertz CT molecular complexity index is 364. The minimum absolute atomic E-state index is 0.342. The molecular formula is C10H11ClO4. The molecule has 1 aromatic rings. The van der Waals surface area contributed by atoms with Crippen molar-refractivity contribution in [1.29, 1.82) is 0 Å². The number of carboxylic acids is 1. The van der Waals surface area contributed by atoms with Gasteiger partial charge in [0.25, 0.3) is 0 Å². The number of carbonyl (C=O) groups is 1. The van der Waals surface area contributed by atoms with Crippen LogP contribution in [0.1, 0.15) is 18.1 Å². The van der Waals surface area contributed by atoms with E-state index >= 15 is 0 Å². The van der Waals surface area contributed by atoms with Gasteiger partial charge in [0.2, 0.25) is 0 Å². The summed E-state index contributed by atoms with van der Waals surface area (Å²) in [5, 5.41) is 18.5. The molecule has 0 aliphatic rings. The Morgan fingerprint density at radius 2 is 2.27 bits per heavy atom. The van der Waals surface area contributed by atoms with Gasteiger partial charge in [-0.15, -0.1) is 0 Å². The second-order valence-electron chi connectivity index (χ2n) is 3.01. The van der Waals surface area contributed by atoms with E-state index in [1.165, 1.54) is 13.2 Å². The van der Waals surface area contributed by atoms with Crippen LogP contribution in [-0.4, -0.2) is 23.3 Å². The summed E-state index contributed by atoms with van der Waals surface area (Å²) in [7, 11) is 1.45. The van der Waals surface area contributed by atoms with E-state index in [1.54, 1.807) is 12.1 Å². The van der Waals surface area contributed by atoms with Gasteiger partial charge in [0.05, 0.1) is 24.7 Å². The monoisotopic (exact) mass is 230 g/mol. The van der Waals surface area contributed by atoms with Crippen LogP contribution in [-0.2, 0) is 4.79 Å². The van der Waals surface area contributed by atoms with E-state index in [4.69, 9.17) is 21.4 Å². The zero-order valence-corrected chi connectivity index (χ0v) is 8.86. The minimum atomic E-state index is -1.06. The number of carboxylic acid groups (broad SMARTS) is 1. The van der Waals surface area contributed by atoms with Crippen LogP contribution in [0.5, 0.6) is 5.75 Å². The van der Waals surface area contributed by atoms with Gasteiger partial charge in [-0.25, -0.2) is 0 Å². The number of hydrogen-bond acceptors (Lipinski definition) is 3. The number of aliphatic carboxylic acids is 1. The topological polar surface area (TPSA) is 66.8 Å². The third-order valence-corrected chi connectivity index (χ3v) is 2.24. The summed E-state index contributed by atoms with van der Waals surface area (Å²) in [6, 6.07) is 4.65. The molecule has 0 aromatic heterocycles. The van der Waals surface area contributed by atoms with Crippen molar-refractivity contribution in [1.82, 2.24) is 0 Å². The van der Waals surface area contributed by atoms with E-state index in [0.717, 1.165) is 0 Å². The number of methoxy groups -OCH3 is 1. The number of rotatable bonds is 4. The first-order valence-corrected chi connectivity index (χ1v) is 4.65. The van der Waals surface area contributed by atoms with Gasteiger partial charge in [0.15, 0.2) is 0 Å². The molecule has 5 heteroatoms. The lowest BCUT2D eigenvalue weighted by Gasteiger charge is -2.10. The fourth-order valence-electron chi connectivity index (χ4n) is 1.17. The maximum absolute atomic E-state index is 10.4. The summed E-state index contributed by atoms with van der Waals surface area (Å²) < 4.78 is 4.95. The molecular weight excluding hydrogens is 220 g/mol. The van der Waals surface area contributed by atoms with Crippen molar-refractivity contribution in [2.75, 3.05) is 7.11 Å². The zero-order valence-electron chi connectivity index (χ0n) is 8.11. The van der Waals surface area contributed by atoms with Gasteiger partial charge in [-0.05, 0) is 17.7 Å². The largest absolute Gasteiger partial charge is 0.495 e. The lowest BCUT2D eigenvalue weighted by molar-refractivity contribution is -0.139. The fourth-order valence-corrected chi connectivity index (χ4v) is 1.36. The van der Waals surface area contributed by atoms with E-state index in [-0.39, 0.29) is 6.42 Å². The summed E-state index contributed by atoms with van der Waals surface area (Å²) in [5.74, 6) is -0.643. The number of ether oxygens (including phenoxy) is 1. The summed E-state index contributed by atoms with van der Waals surface area (Å²) in [6.07, 6.45) is -1.39. The molecule has 82 valence electrons. The van der Waals surface area contributed by atoms with E-state index in [2.05, 4.69) is 0 Å². The first kappa shape index (κ1) is 11.8.